The number of anilines is 1. The van der Waals surface area contributed by atoms with Gasteiger partial charge in [0.1, 0.15) is 16.3 Å². The monoisotopic (exact) mass is 296 g/mol. The average molecular weight is 296 g/mol. The second kappa shape index (κ2) is 4.89. The van der Waals surface area contributed by atoms with Gasteiger partial charge in [-0.25, -0.2) is 13.2 Å². The Hall–Kier alpha value is -2.48. The fraction of sp³-hybridized carbons (Fsp3) is 0.0833. The number of nitrogens with zero attached hydrogens (tertiary/aromatic N) is 1. The number of carboxylic acids is 1. The lowest BCUT2D eigenvalue weighted by molar-refractivity contribution is 0.0686. The van der Waals surface area contributed by atoms with Gasteiger partial charge in [-0.2, -0.15) is 0 Å². The topological polar surface area (TPSA) is 109 Å². The van der Waals surface area contributed by atoms with Crippen molar-refractivity contribution in [2.75, 3.05) is 4.72 Å². The van der Waals surface area contributed by atoms with Gasteiger partial charge in [-0.05, 0) is 30.3 Å². The van der Waals surface area contributed by atoms with Crippen molar-refractivity contribution in [3.63, 3.8) is 0 Å². The number of phenolic OH excluding ortho intramolecular Hbond substituents is 1. The normalized spacial score (nSPS) is 11.2. The summed E-state index contributed by atoms with van der Waals surface area (Å²) in [5.74, 6) is -1.19. The standard InChI is InChI=1S/C12H12N2O5S/c1-14-7-10(6-11(14)12(16)17)20(18,19)13-8-2-4-9(15)5-3-8/h2-7,13,15H,1H3,(H,16,17). The van der Waals surface area contributed by atoms with Crippen molar-refractivity contribution in [3.8, 4) is 5.75 Å². The van der Waals surface area contributed by atoms with E-state index in [2.05, 4.69) is 4.72 Å². The summed E-state index contributed by atoms with van der Waals surface area (Å²) in [6.45, 7) is 0. The third kappa shape index (κ3) is 2.75. The number of rotatable bonds is 4. The number of phenols is 1. The fourth-order valence-electron chi connectivity index (χ4n) is 1.64. The lowest BCUT2D eigenvalue weighted by atomic mass is 10.3. The van der Waals surface area contributed by atoms with Crippen LogP contribution in [0.25, 0.3) is 0 Å². The largest absolute Gasteiger partial charge is 0.508 e. The molecule has 0 amide bonds. The van der Waals surface area contributed by atoms with E-state index in [0.29, 0.717) is 0 Å². The van der Waals surface area contributed by atoms with E-state index in [-0.39, 0.29) is 22.0 Å². The lowest BCUT2D eigenvalue weighted by Crippen LogP contribution is -2.12. The number of hydrogen-bond acceptors (Lipinski definition) is 4. The zero-order valence-corrected chi connectivity index (χ0v) is 11.3. The number of aryl methyl sites for hydroxylation is 1. The minimum absolute atomic E-state index is 0.0147. The molecule has 0 saturated carbocycles. The van der Waals surface area contributed by atoms with Crippen LogP contribution >= 0.6 is 0 Å². The number of nitrogens with one attached hydrogen (secondary N) is 1. The van der Waals surface area contributed by atoms with E-state index in [1.54, 1.807) is 0 Å². The Labute approximate surface area is 115 Å². The second-order valence-corrected chi connectivity index (χ2v) is 5.81. The third-order valence-corrected chi connectivity index (χ3v) is 3.98. The van der Waals surface area contributed by atoms with Crippen LogP contribution in [0.5, 0.6) is 5.75 Å². The first-order valence-electron chi connectivity index (χ1n) is 5.51. The smallest absolute Gasteiger partial charge is 0.352 e. The maximum atomic E-state index is 12.1. The zero-order chi connectivity index (χ0) is 14.9. The molecule has 0 unspecified atom stereocenters. The summed E-state index contributed by atoms with van der Waals surface area (Å²) in [5, 5.41) is 18.0. The number of aromatic carboxylic acids is 1. The van der Waals surface area contributed by atoms with Gasteiger partial charge >= 0.3 is 5.97 Å². The maximum absolute atomic E-state index is 12.1. The van der Waals surface area contributed by atoms with Gasteiger partial charge in [0.2, 0.25) is 0 Å². The molecule has 0 aliphatic carbocycles. The summed E-state index contributed by atoms with van der Waals surface area (Å²) in [4.78, 5) is 10.7. The molecular formula is C12H12N2O5S. The van der Waals surface area contributed by atoms with Gasteiger partial charge in [0, 0.05) is 18.9 Å². The van der Waals surface area contributed by atoms with E-state index in [0.717, 1.165) is 6.07 Å². The quantitative estimate of drug-likeness (QED) is 0.735. The molecule has 7 nitrogen and oxygen atoms in total. The van der Waals surface area contributed by atoms with Crippen LogP contribution in [-0.2, 0) is 17.1 Å². The predicted molar refractivity (Wildman–Crippen MR) is 71.3 cm³/mol. The molecule has 0 saturated heterocycles. The SMILES string of the molecule is Cn1cc(S(=O)(=O)Nc2ccc(O)cc2)cc1C(=O)O. The average Bonchev–Trinajstić information content (AvgIpc) is 2.75. The predicted octanol–water partition coefficient (Wildman–Crippen LogP) is 1.23. The Balaban J connectivity index is 2.33. The highest BCUT2D eigenvalue weighted by atomic mass is 32.2. The third-order valence-electron chi connectivity index (χ3n) is 2.63. The van der Waals surface area contributed by atoms with E-state index in [9.17, 15) is 13.2 Å². The minimum Gasteiger partial charge on any atom is -0.508 e. The van der Waals surface area contributed by atoms with Gasteiger partial charge in [-0.15, -0.1) is 0 Å². The van der Waals surface area contributed by atoms with Gasteiger partial charge in [-0.1, -0.05) is 0 Å². The number of carboxylic acid groups (broad SMARTS) is 1. The Bertz CT molecular complexity index is 747. The van der Waals surface area contributed by atoms with Gasteiger partial charge in [-0.3, -0.25) is 4.72 Å². The van der Waals surface area contributed by atoms with Crippen LogP contribution in [-0.4, -0.2) is 29.2 Å². The Morgan fingerprint density at radius 1 is 1.25 bits per heavy atom. The van der Waals surface area contributed by atoms with Crippen LogP contribution in [0.2, 0.25) is 0 Å². The van der Waals surface area contributed by atoms with E-state index >= 15 is 0 Å². The van der Waals surface area contributed by atoms with E-state index in [4.69, 9.17) is 10.2 Å². The number of benzene rings is 1. The highest BCUT2D eigenvalue weighted by Crippen LogP contribution is 2.20. The second-order valence-electron chi connectivity index (χ2n) is 4.13. The van der Waals surface area contributed by atoms with Gasteiger partial charge in [0.15, 0.2) is 0 Å². The van der Waals surface area contributed by atoms with Gasteiger partial charge in [0.05, 0.1) is 0 Å². The molecule has 0 radical (unpaired) electrons. The first kappa shape index (κ1) is 13.9. The van der Waals surface area contributed by atoms with Gasteiger partial charge in [0.25, 0.3) is 10.0 Å². The van der Waals surface area contributed by atoms with E-state index < -0.39 is 16.0 Å². The van der Waals surface area contributed by atoms with E-state index in [1.807, 2.05) is 0 Å². The summed E-state index contributed by atoms with van der Waals surface area (Å²) in [6, 6.07) is 6.55. The van der Waals surface area contributed by atoms with Crippen molar-refractivity contribution in [1.82, 2.24) is 4.57 Å². The minimum atomic E-state index is -3.88. The molecule has 0 bridgehead atoms. The Kier molecular flexibility index (Phi) is 3.41. The molecule has 0 aliphatic rings. The van der Waals surface area contributed by atoms with Crippen molar-refractivity contribution in [3.05, 3.63) is 42.2 Å². The van der Waals surface area contributed by atoms with Crippen LogP contribution in [0.15, 0.2) is 41.4 Å². The summed E-state index contributed by atoms with van der Waals surface area (Å²) in [7, 11) is -2.43. The highest BCUT2D eigenvalue weighted by Gasteiger charge is 2.20. The van der Waals surface area contributed by atoms with Crippen LogP contribution in [0.4, 0.5) is 5.69 Å². The molecule has 20 heavy (non-hydrogen) atoms. The molecule has 1 aromatic carbocycles. The first-order chi connectivity index (χ1) is 9.29. The van der Waals surface area contributed by atoms with Crippen LogP contribution < -0.4 is 4.72 Å². The summed E-state index contributed by atoms with van der Waals surface area (Å²) in [6.07, 6.45) is 1.21. The van der Waals surface area contributed by atoms with Crippen molar-refractivity contribution < 1.29 is 23.4 Å². The molecule has 1 aromatic heterocycles. The number of carbonyl (C=O) groups is 1. The van der Waals surface area contributed by atoms with Gasteiger partial charge < -0.3 is 14.8 Å². The van der Waals surface area contributed by atoms with Crippen LogP contribution in [0.1, 0.15) is 10.5 Å². The molecule has 106 valence electrons. The molecule has 0 atom stereocenters. The van der Waals surface area contributed by atoms with Crippen molar-refractivity contribution in [1.29, 1.82) is 0 Å². The number of aromatic hydroxyl groups is 1. The number of aromatic nitrogens is 1. The fourth-order valence-corrected chi connectivity index (χ4v) is 2.77. The zero-order valence-electron chi connectivity index (χ0n) is 10.4. The maximum Gasteiger partial charge on any atom is 0.352 e. The highest BCUT2D eigenvalue weighted by molar-refractivity contribution is 7.92. The molecular weight excluding hydrogens is 284 g/mol. The molecule has 3 N–H and O–H groups in total. The van der Waals surface area contributed by atoms with Crippen molar-refractivity contribution >= 4 is 21.7 Å². The van der Waals surface area contributed by atoms with E-state index in [1.165, 1.54) is 42.1 Å². The Morgan fingerprint density at radius 2 is 1.85 bits per heavy atom. The number of sulfonamides is 1. The molecule has 1 heterocycles. The summed E-state index contributed by atoms with van der Waals surface area (Å²) < 4.78 is 27.7. The molecule has 2 aromatic rings. The first-order valence-corrected chi connectivity index (χ1v) is 6.99. The molecule has 0 fully saturated rings. The Morgan fingerprint density at radius 3 is 2.35 bits per heavy atom. The number of hydrogen-bond donors (Lipinski definition) is 3. The molecule has 0 spiro atoms. The van der Waals surface area contributed by atoms with Crippen molar-refractivity contribution in [2.45, 2.75) is 4.90 Å². The molecule has 8 heteroatoms. The molecule has 2 rings (SSSR count). The van der Waals surface area contributed by atoms with Crippen LogP contribution in [0, 0.1) is 0 Å². The van der Waals surface area contributed by atoms with Crippen molar-refractivity contribution in [2.24, 2.45) is 7.05 Å². The molecule has 0 aliphatic heterocycles. The summed E-state index contributed by atoms with van der Waals surface area (Å²) in [5.41, 5.74) is 0.139. The summed E-state index contributed by atoms with van der Waals surface area (Å²) >= 11 is 0. The lowest BCUT2D eigenvalue weighted by Gasteiger charge is -2.06. The van der Waals surface area contributed by atoms with Crippen LogP contribution in [0.3, 0.4) is 0 Å².